The van der Waals surface area contributed by atoms with Crippen LogP contribution in [0.2, 0.25) is 0 Å². The molecule has 1 aromatic carbocycles. The predicted octanol–water partition coefficient (Wildman–Crippen LogP) is 2.63. The Bertz CT molecular complexity index is 699. The van der Waals surface area contributed by atoms with E-state index >= 15 is 0 Å². The molecule has 7 heteroatoms. The fraction of sp³-hybridized carbons (Fsp3) is 0.438. The highest BCUT2D eigenvalue weighted by Gasteiger charge is 2.34. The number of nitrogens with one attached hydrogen (secondary N) is 1. The van der Waals surface area contributed by atoms with E-state index in [1.54, 1.807) is 29.1 Å². The molecule has 0 aliphatic carbocycles. The Kier molecular flexibility index (Phi) is 4.46. The first-order valence-corrected chi connectivity index (χ1v) is 8.60. The summed E-state index contributed by atoms with van der Waals surface area (Å²) in [6, 6.07) is 6.26. The SMILES string of the molecule is CC(C)(C)[S+]([O-])NC1COCc2c1cnn2-c1ccccc1F. The molecule has 124 valence electrons. The van der Waals surface area contributed by atoms with E-state index in [2.05, 4.69) is 9.82 Å². The summed E-state index contributed by atoms with van der Waals surface area (Å²) < 4.78 is 36.2. The lowest BCUT2D eigenvalue weighted by Gasteiger charge is -2.30. The minimum atomic E-state index is -1.22. The lowest BCUT2D eigenvalue weighted by Crippen LogP contribution is -2.43. The Balaban J connectivity index is 1.92. The molecule has 1 aliphatic rings. The summed E-state index contributed by atoms with van der Waals surface area (Å²) in [6.45, 7) is 6.48. The van der Waals surface area contributed by atoms with Gasteiger partial charge in [-0.3, -0.25) is 0 Å². The molecule has 2 heterocycles. The Morgan fingerprint density at radius 1 is 1.39 bits per heavy atom. The average molecular weight is 337 g/mol. The third-order valence-electron chi connectivity index (χ3n) is 3.69. The van der Waals surface area contributed by atoms with Crippen LogP contribution in [-0.2, 0) is 22.7 Å². The van der Waals surface area contributed by atoms with E-state index in [4.69, 9.17) is 4.74 Å². The molecule has 0 saturated heterocycles. The lowest BCUT2D eigenvalue weighted by atomic mass is 10.1. The van der Waals surface area contributed by atoms with E-state index in [9.17, 15) is 8.94 Å². The first-order valence-electron chi connectivity index (χ1n) is 7.45. The second-order valence-corrected chi connectivity index (χ2v) is 8.47. The number of halogens is 1. The molecule has 0 amide bonds. The van der Waals surface area contributed by atoms with Crippen molar-refractivity contribution in [2.45, 2.75) is 38.2 Å². The molecule has 0 fully saturated rings. The van der Waals surface area contributed by atoms with Crippen molar-refractivity contribution in [3.8, 4) is 5.69 Å². The second-order valence-electron chi connectivity index (χ2n) is 6.48. The summed E-state index contributed by atoms with van der Waals surface area (Å²) in [6.07, 6.45) is 1.70. The zero-order chi connectivity index (χ0) is 16.6. The van der Waals surface area contributed by atoms with Crippen LogP contribution in [0, 0.1) is 5.82 Å². The van der Waals surface area contributed by atoms with Crippen molar-refractivity contribution in [1.82, 2.24) is 14.5 Å². The predicted molar refractivity (Wildman–Crippen MR) is 87.0 cm³/mol. The van der Waals surface area contributed by atoms with Crippen LogP contribution in [0.25, 0.3) is 5.69 Å². The molecule has 1 aliphatic heterocycles. The van der Waals surface area contributed by atoms with Crippen LogP contribution in [-0.4, -0.2) is 25.7 Å². The molecule has 5 nitrogen and oxygen atoms in total. The number of hydrogen-bond acceptors (Lipinski definition) is 4. The van der Waals surface area contributed by atoms with Gasteiger partial charge in [-0.25, -0.2) is 9.07 Å². The molecule has 0 saturated carbocycles. The van der Waals surface area contributed by atoms with Crippen LogP contribution in [0.4, 0.5) is 4.39 Å². The second kappa shape index (κ2) is 6.24. The molecule has 2 unspecified atom stereocenters. The molecular weight excluding hydrogens is 317 g/mol. The maximum atomic E-state index is 14.0. The van der Waals surface area contributed by atoms with Crippen LogP contribution in [0.5, 0.6) is 0 Å². The molecule has 0 spiro atoms. The maximum Gasteiger partial charge on any atom is 0.148 e. The van der Waals surface area contributed by atoms with Gasteiger partial charge in [-0.15, -0.1) is 4.72 Å². The van der Waals surface area contributed by atoms with Crippen LogP contribution < -0.4 is 4.72 Å². The van der Waals surface area contributed by atoms with Gasteiger partial charge in [0.1, 0.15) is 22.3 Å². The number of hydrogen-bond donors (Lipinski definition) is 1. The molecule has 3 rings (SSSR count). The van der Waals surface area contributed by atoms with Crippen LogP contribution in [0.15, 0.2) is 30.5 Å². The fourth-order valence-electron chi connectivity index (χ4n) is 2.42. The summed E-state index contributed by atoms with van der Waals surface area (Å²) in [5, 5.41) is 4.31. The minimum Gasteiger partial charge on any atom is -0.598 e. The van der Waals surface area contributed by atoms with Gasteiger partial charge in [0.05, 0.1) is 25.1 Å². The Labute approximate surface area is 138 Å². The molecule has 1 aromatic heterocycles. The van der Waals surface area contributed by atoms with Crippen LogP contribution >= 0.6 is 0 Å². The van der Waals surface area contributed by atoms with Gasteiger partial charge < -0.3 is 9.29 Å². The molecule has 2 aromatic rings. The molecule has 0 radical (unpaired) electrons. The van der Waals surface area contributed by atoms with Crippen molar-refractivity contribution in [2.75, 3.05) is 6.61 Å². The van der Waals surface area contributed by atoms with Crippen LogP contribution in [0.3, 0.4) is 0 Å². The highest BCUT2D eigenvalue weighted by Crippen LogP contribution is 2.29. The van der Waals surface area contributed by atoms with Crippen LogP contribution in [0.1, 0.15) is 38.1 Å². The average Bonchev–Trinajstić information content (AvgIpc) is 2.91. The first-order chi connectivity index (χ1) is 10.9. The van der Waals surface area contributed by atoms with E-state index < -0.39 is 11.4 Å². The summed E-state index contributed by atoms with van der Waals surface area (Å²) in [5.41, 5.74) is 2.07. The van der Waals surface area contributed by atoms with Gasteiger partial charge >= 0.3 is 0 Å². The largest absolute Gasteiger partial charge is 0.598 e. The number of ether oxygens (including phenoxy) is 1. The van der Waals surface area contributed by atoms with Crippen molar-refractivity contribution in [1.29, 1.82) is 0 Å². The quantitative estimate of drug-likeness (QED) is 0.875. The van der Waals surface area contributed by atoms with E-state index in [0.29, 0.717) is 18.9 Å². The Morgan fingerprint density at radius 3 is 2.83 bits per heavy atom. The number of aromatic nitrogens is 2. The highest BCUT2D eigenvalue weighted by molar-refractivity contribution is 7.90. The smallest absolute Gasteiger partial charge is 0.148 e. The zero-order valence-corrected chi connectivity index (χ0v) is 14.2. The Morgan fingerprint density at radius 2 is 2.13 bits per heavy atom. The topological polar surface area (TPSA) is 62.1 Å². The fourth-order valence-corrected chi connectivity index (χ4v) is 3.23. The van der Waals surface area contributed by atoms with Gasteiger partial charge in [0.15, 0.2) is 0 Å². The number of fused-ring (bicyclic) bond motifs is 1. The van der Waals surface area contributed by atoms with Crippen molar-refractivity contribution in [3.05, 3.63) is 47.5 Å². The van der Waals surface area contributed by atoms with Crippen molar-refractivity contribution >= 4 is 11.4 Å². The number of rotatable bonds is 3. The van der Waals surface area contributed by atoms with Crippen molar-refractivity contribution in [2.24, 2.45) is 0 Å². The number of benzene rings is 1. The van der Waals surface area contributed by atoms with Gasteiger partial charge in [-0.2, -0.15) is 5.10 Å². The van der Waals surface area contributed by atoms with E-state index in [0.717, 1.165) is 11.3 Å². The molecule has 1 N–H and O–H groups in total. The minimum absolute atomic E-state index is 0.223. The molecule has 2 atom stereocenters. The van der Waals surface area contributed by atoms with Gasteiger partial charge in [0.2, 0.25) is 0 Å². The number of nitrogens with zero attached hydrogens (tertiary/aromatic N) is 2. The Hall–Kier alpha value is -1.41. The third-order valence-corrected chi connectivity index (χ3v) is 5.30. The van der Waals surface area contributed by atoms with Crippen molar-refractivity contribution in [3.63, 3.8) is 0 Å². The molecular formula is C16H20FN3O2S. The monoisotopic (exact) mass is 337 g/mol. The highest BCUT2D eigenvalue weighted by atomic mass is 32.2. The van der Waals surface area contributed by atoms with Crippen molar-refractivity contribution < 1.29 is 13.7 Å². The first kappa shape index (κ1) is 16.4. The standard InChI is InChI=1S/C16H20FN3O2S/c1-16(2,3)23(21)19-13-9-22-10-15-11(13)8-18-20(15)14-7-5-4-6-12(14)17/h4-8,13,19H,9-10H2,1-3H3. The van der Waals surface area contributed by atoms with Gasteiger partial charge in [-0.1, -0.05) is 12.1 Å². The lowest BCUT2D eigenvalue weighted by molar-refractivity contribution is 0.0842. The van der Waals surface area contributed by atoms with E-state index in [-0.39, 0.29) is 16.6 Å². The molecule has 23 heavy (non-hydrogen) atoms. The summed E-state index contributed by atoms with van der Waals surface area (Å²) >= 11 is -1.22. The maximum absolute atomic E-state index is 14.0. The number of para-hydroxylation sites is 1. The van der Waals surface area contributed by atoms with Gasteiger partial charge in [-0.05, 0) is 32.9 Å². The summed E-state index contributed by atoms with van der Waals surface area (Å²) in [5.74, 6) is -0.341. The summed E-state index contributed by atoms with van der Waals surface area (Å²) in [4.78, 5) is 0. The normalized spacial score (nSPS) is 19.4. The molecule has 0 bridgehead atoms. The third kappa shape index (κ3) is 3.28. The van der Waals surface area contributed by atoms with E-state index in [1.807, 2.05) is 20.8 Å². The zero-order valence-electron chi connectivity index (χ0n) is 13.4. The summed E-state index contributed by atoms with van der Waals surface area (Å²) in [7, 11) is 0. The van der Waals surface area contributed by atoms with Gasteiger partial charge in [0.25, 0.3) is 0 Å². The van der Waals surface area contributed by atoms with E-state index in [1.165, 1.54) is 6.07 Å². The van der Waals surface area contributed by atoms with Gasteiger partial charge in [0, 0.05) is 16.9 Å².